The van der Waals surface area contributed by atoms with Gasteiger partial charge in [-0.05, 0) is 61.9 Å². The zero-order valence-corrected chi connectivity index (χ0v) is 18.4. The molecule has 0 bridgehead atoms. The number of amides is 3. The molecule has 2 aliphatic rings. The van der Waals surface area contributed by atoms with Crippen molar-refractivity contribution >= 4 is 29.4 Å². The predicted molar refractivity (Wildman–Crippen MR) is 116 cm³/mol. The molecule has 1 fully saturated rings. The second-order valence-corrected chi connectivity index (χ2v) is 8.54. The van der Waals surface area contributed by atoms with Crippen molar-refractivity contribution in [3.63, 3.8) is 0 Å². The molecule has 1 aromatic carbocycles. The lowest BCUT2D eigenvalue weighted by molar-refractivity contribution is -0.142. The van der Waals surface area contributed by atoms with Crippen LogP contribution in [0.5, 0.6) is 0 Å². The minimum absolute atomic E-state index is 0.164. The molecule has 12 heteroatoms. The Kier molecular flexibility index (Phi) is 6.64. The smallest absolute Gasteiger partial charge is 0.419 e. The summed E-state index contributed by atoms with van der Waals surface area (Å²) in [5.74, 6) is -3.04. The van der Waals surface area contributed by atoms with Gasteiger partial charge in [0.05, 0.1) is 11.5 Å². The quantitative estimate of drug-likeness (QED) is 0.555. The fourth-order valence-electron chi connectivity index (χ4n) is 4.40. The molecule has 2 atom stereocenters. The van der Waals surface area contributed by atoms with E-state index < -0.39 is 47.4 Å². The van der Waals surface area contributed by atoms with Gasteiger partial charge in [-0.1, -0.05) is 6.07 Å². The molecule has 0 unspecified atom stereocenters. The second kappa shape index (κ2) is 9.51. The number of carboxylic acid groups (broad SMARTS) is 1. The van der Waals surface area contributed by atoms with Crippen molar-refractivity contribution < 1.29 is 37.1 Å². The Morgan fingerprint density at radius 2 is 1.86 bits per heavy atom. The van der Waals surface area contributed by atoms with Crippen molar-refractivity contribution in [1.82, 2.24) is 9.88 Å². The minimum atomic E-state index is -4.85. The Morgan fingerprint density at radius 1 is 1.09 bits per heavy atom. The number of nitrogens with one attached hydrogen (secondary N) is 2. The van der Waals surface area contributed by atoms with Gasteiger partial charge in [-0.25, -0.2) is 14.2 Å². The predicted octanol–water partition coefficient (Wildman–Crippen LogP) is 4.06. The third kappa shape index (κ3) is 5.36. The Labute approximate surface area is 197 Å². The highest BCUT2D eigenvalue weighted by Crippen LogP contribution is 2.32. The summed E-state index contributed by atoms with van der Waals surface area (Å²) in [6.07, 6.45) is -2.67. The molecule has 2 heterocycles. The van der Waals surface area contributed by atoms with Crippen molar-refractivity contribution in [1.29, 1.82) is 0 Å². The van der Waals surface area contributed by atoms with E-state index in [0.29, 0.717) is 49.9 Å². The Balaban J connectivity index is 1.41. The van der Waals surface area contributed by atoms with E-state index in [1.165, 1.54) is 4.90 Å². The molecule has 4 rings (SSSR count). The lowest BCUT2D eigenvalue weighted by Gasteiger charge is -2.25. The fourth-order valence-corrected chi connectivity index (χ4v) is 4.40. The molecule has 2 aromatic rings. The van der Waals surface area contributed by atoms with E-state index in [2.05, 4.69) is 15.6 Å². The maximum absolute atomic E-state index is 13.8. The number of carbonyl (C=O) groups is 3. The van der Waals surface area contributed by atoms with Crippen LogP contribution in [-0.4, -0.2) is 45.5 Å². The first-order valence-electron chi connectivity index (χ1n) is 11.0. The third-order valence-corrected chi connectivity index (χ3v) is 6.21. The second-order valence-electron chi connectivity index (χ2n) is 8.54. The van der Waals surface area contributed by atoms with Crippen LogP contribution >= 0.6 is 0 Å². The van der Waals surface area contributed by atoms with Crippen molar-refractivity contribution in [3.8, 4) is 0 Å². The molecular weight excluding hydrogens is 472 g/mol. The maximum atomic E-state index is 13.8. The topological polar surface area (TPSA) is 112 Å². The number of hydrogen-bond donors (Lipinski definition) is 3. The molecule has 8 nitrogen and oxygen atoms in total. The van der Waals surface area contributed by atoms with Gasteiger partial charge >= 0.3 is 18.2 Å². The number of alkyl halides is 3. The van der Waals surface area contributed by atoms with Crippen LogP contribution in [0.3, 0.4) is 0 Å². The maximum Gasteiger partial charge on any atom is 0.419 e. The van der Waals surface area contributed by atoms with E-state index >= 15 is 0 Å². The number of rotatable bonds is 4. The van der Waals surface area contributed by atoms with Crippen LogP contribution in [0.15, 0.2) is 30.3 Å². The first kappa shape index (κ1) is 24.4. The highest BCUT2D eigenvalue weighted by Gasteiger charge is 2.36. The van der Waals surface area contributed by atoms with Gasteiger partial charge < -0.3 is 20.6 Å². The number of fused-ring (bicyclic) bond motifs is 1. The van der Waals surface area contributed by atoms with Crippen molar-refractivity contribution in [2.24, 2.45) is 5.92 Å². The number of halogens is 4. The fraction of sp³-hybridized carbons (Fsp3) is 0.391. The van der Waals surface area contributed by atoms with Crippen molar-refractivity contribution in [2.75, 3.05) is 17.2 Å². The van der Waals surface area contributed by atoms with Gasteiger partial charge in [0.1, 0.15) is 17.7 Å². The summed E-state index contributed by atoms with van der Waals surface area (Å²) in [7, 11) is 0. The van der Waals surface area contributed by atoms with Gasteiger partial charge in [-0.3, -0.25) is 9.59 Å². The number of carbonyl (C=O) groups excluding carboxylic acids is 2. The number of aliphatic carboxylic acids is 1. The average Bonchev–Trinajstić information content (AvgIpc) is 3.28. The average molecular weight is 494 g/mol. The third-order valence-electron chi connectivity index (χ3n) is 6.21. The molecular formula is C23H22F4N4O4. The molecule has 0 spiro atoms. The van der Waals surface area contributed by atoms with Gasteiger partial charge in [0, 0.05) is 17.9 Å². The minimum Gasteiger partial charge on any atom is -0.481 e. The zero-order valence-electron chi connectivity index (χ0n) is 18.4. The van der Waals surface area contributed by atoms with E-state index in [1.54, 1.807) is 12.1 Å². The van der Waals surface area contributed by atoms with E-state index in [0.717, 1.165) is 11.6 Å². The van der Waals surface area contributed by atoms with Gasteiger partial charge in [-0.2, -0.15) is 13.2 Å². The standard InChI is InChI=1S/C23H22F4N4O4/c24-16-11-14(5-6-15(16)23(25,26)27)28-22(35)31-9-1-2-18(31)20(32)30-19-8-4-12-10-13(21(33)34)3-7-17(12)29-19/h4-6,8,11,13,18H,1-3,7,9-10H2,(H,28,35)(H,33,34)(H,29,30,32)/t13-,18-/m1/s1. The zero-order chi connectivity index (χ0) is 25.3. The molecule has 1 aliphatic heterocycles. The monoisotopic (exact) mass is 494 g/mol. The summed E-state index contributed by atoms with van der Waals surface area (Å²) in [6.45, 7) is 0.237. The van der Waals surface area contributed by atoms with Crippen molar-refractivity contribution in [3.05, 3.63) is 53.0 Å². The van der Waals surface area contributed by atoms with Crippen LogP contribution in [0.1, 0.15) is 36.1 Å². The molecule has 1 aromatic heterocycles. The number of nitrogens with zero attached hydrogens (tertiary/aromatic N) is 2. The largest absolute Gasteiger partial charge is 0.481 e. The lowest BCUT2D eigenvalue weighted by Crippen LogP contribution is -2.45. The molecule has 3 N–H and O–H groups in total. The highest BCUT2D eigenvalue weighted by molar-refractivity contribution is 5.99. The number of anilines is 2. The summed E-state index contributed by atoms with van der Waals surface area (Å²) in [4.78, 5) is 42.4. The number of carboxylic acids is 1. The molecule has 0 radical (unpaired) electrons. The number of benzene rings is 1. The Hall–Kier alpha value is -3.70. The molecule has 0 saturated carbocycles. The highest BCUT2D eigenvalue weighted by atomic mass is 19.4. The number of likely N-dealkylation sites (tertiary alicyclic amines) is 1. The molecule has 3 amide bonds. The van der Waals surface area contributed by atoms with Crippen LogP contribution in [0.2, 0.25) is 0 Å². The summed E-state index contributed by atoms with van der Waals surface area (Å²) < 4.78 is 52.0. The van der Waals surface area contributed by atoms with E-state index in [4.69, 9.17) is 0 Å². The van der Waals surface area contributed by atoms with E-state index in [1.807, 2.05) is 0 Å². The SMILES string of the molecule is O=C(O)[C@@H]1CCc2nc(NC(=O)[C@H]3CCCN3C(=O)Nc3ccc(C(F)(F)F)c(F)c3)ccc2C1. The Bertz CT molecular complexity index is 1170. The number of pyridine rings is 1. The van der Waals surface area contributed by atoms with Crippen LogP contribution in [0.25, 0.3) is 0 Å². The summed E-state index contributed by atoms with van der Waals surface area (Å²) in [5, 5.41) is 14.2. The van der Waals surface area contributed by atoms with E-state index in [-0.39, 0.29) is 18.1 Å². The molecule has 186 valence electrons. The van der Waals surface area contributed by atoms with Crippen LogP contribution in [0, 0.1) is 11.7 Å². The van der Waals surface area contributed by atoms with Gasteiger partial charge in [0.2, 0.25) is 5.91 Å². The van der Waals surface area contributed by atoms with Crippen LogP contribution in [-0.2, 0) is 28.6 Å². The van der Waals surface area contributed by atoms with Crippen LogP contribution in [0.4, 0.5) is 33.9 Å². The first-order valence-corrected chi connectivity index (χ1v) is 11.0. The van der Waals surface area contributed by atoms with E-state index in [9.17, 15) is 37.1 Å². The van der Waals surface area contributed by atoms with Gasteiger partial charge in [0.25, 0.3) is 0 Å². The number of aryl methyl sites for hydroxylation is 1. The molecule has 1 saturated heterocycles. The first-order chi connectivity index (χ1) is 16.5. The summed E-state index contributed by atoms with van der Waals surface area (Å²) in [6, 6.07) is 3.79. The van der Waals surface area contributed by atoms with Crippen molar-refractivity contribution in [2.45, 2.75) is 44.3 Å². The lowest BCUT2D eigenvalue weighted by atomic mass is 9.87. The normalized spacial score (nSPS) is 19.7. The molecule has 1 aliphatic carbocycles. The number of hydrogen-bond acceptors (Lipinski definition) is 4. The Morgan fingerprint density at radius 3 is 2.54 bits per heavy atom. The molecule has 35 heavy (non-hydrogen) atoms. The van der Waals surface area contributed by atoms with Gasteiger partial charge in [-0.15, -0.1) is 0 Å². The summed E-state index contributed by atoms with van der Waals surface area (Å²) >= 11 is 0. The number of urea groups is 1. The van der Waals surface area contributed by atoms with Gasteiger partial charge in [0.15, 0.2) is 0 Å². The number of aromatic nitrogens is 1. The van der Waals surface area contributed by atoms with Crippen LogP contribution < -0.4 is 10.6 Å². The summed E-state index contributed by atoms with van der Waals surface area (Å²) in [5.41, 5.74) is -0.0783.